The monoisotopic (exact) mass is 423 g/mol. The molecule has 0 radical (unpaired) electrons. The SMILES string of the molecule is NC(=O)[C@@H](Cc1cccnc1Br)NC(=O)c1ccc(-c2ccccc2)cc1. The first kappa shape index (κ1) is 18.8. The van der Waals surface area contributed by atoms with Gasteiger partial charge in [0.2, 0.25) is 5.91 Å². The van der Waals surface area contributed by atoms with Gasteiger partial charge in [0.1, 0.15) is 10.6 Å². The van der Waals surface area contributed by atoms with Gasteiger partial charge < -0.3 is 11.1 Å². The molecular formula is C21H18BrN3O2. The topological polar surface area (TPSA) is 85.1 Å². The van der Waals surface area contributed by atoms with Crippen molar-refractivity contribution in [1.29, 1.82) is 0 Å². The van der Waals surface area contributed by atoms with Crippen LogP contribution >= 0.6 is 15.9 Å². The van der Waals surface area contributed by atoms with Crippen LogP contribution in [0.25, 0.3) is 11.1 Å². The fourth-order valence-electron chi connectivity index (χ4n) is 2.70. The van der Waals surface area contributed by atoms with Gasteiger partial charge in [-0.2, -0.15) is 0 Å². The number of nitrogens with one attached hydrogen (secondary N) is 1. The molecule has 5 nitrogen and oxygen atoms in total. The summed E-state index contributed by atoms with van der Waals surface area (Å²) in [4.78, 5) is 28.4. The second-order valence-corrected chi connectivity index (χ2v) is 6.78. The number of halogens is 1. The van der Waals surface area contributed by atoms with Crippen molar-refractivity contribution in [3.05, 3.63) is 88.7 Å². The van der Waals surface area contributed by atoms with Gasteiger partial charge in [0.25, 0.3) is 5.91 Å². The van der Waals surface area contributed by atoms with Crippen LogP contribution in [-0.4, -0.2) is 22.8 Å². The fraction of sp³-hybridized carbons (Fsp3) is 0.0952. The Morgan fingerprint density at radius 1 is 0.963 bits per heavy atom. The second-order valence-electron chi connectivity index (χ2n) is 6.03. The van der Waals surface area contributed by atoms with Crippen LogP contribution in [0.5, 0.6) is 0 Å². The zero-order valence-corrected chi connectivity index (χ0v) is 16.0. The van der Waals surface area contributed by atoms with Crippen LogP contribution in [0.4, 0.5) is 0 Å². The van der Waals surface area contributed by atoms with E-state index in [1.54, 1.807) is 24.4 Å². The van der Waals surface area contributed by atoms with Gasteiger partial charge in [-0.15, -0.1) is 0 Å². The maximum atomic E-state index is 12.5. The normalized spacial score (nSPS) is 11.6. The minimum absolute atomic E-state index is 0.262. The van der Waals surface area contributed by atoms with Gasteiger partial charge in [-0.25, -0.2) is 4.98 Å². The van der Waals surface area contributed by atoms with Crippen LogP contribution < -0.4 is 11.1 Å². The standard InChI is InChI=1S/C21H18BrN3O2/c22-19-17(7-4-12-24-19)13-18(20(23)26)25-21(27)16-10-8-15(9-11-16)14-5-2-1-3-6-14/h1-12,18H,13H2,(H2,23,26)(H,25,27)/t18-/m1/s1. The summed E-state index contributed by atoms with van der Waals surface area (Å²) in [5, 5.41) is 2.71. The number of benzene rings is 2. The summed E-state index contributed by atoms with van der Waals surface area (Å²) in [6.07, 6.45) is 1.90. The third-order valence-corrected chi connectivity index (χ3v) is 4.88. The van der Waals surface area contributed by atoms with Gasteiger partial charge in [0.05, 0.1) is 0 Å². The van der Waals surface area contributed by atoms with Crippen molar-refractivity contribution >= 4 is 27.7 Å². The van der Waals surface area contributed by atoms with Gasteiger partial charge in [-0.1, -0.05) is 48.5 Å². The highest BCUT2D eigenvalue weighted by Gasteiger charge is 2.20. The number of aromatic nitrogens is 1. The fourth-order valence-corrected chi connectivity index (χ4v) is 3.11. The molecule has 6 heteroatoms. The molecule has 3 rings (SSSR count). The van der Waals surface area contributed by atoms with Gasteiger partial charge in [-0.3, -0.25) is 9.59 Å². The molecule has 0 aliphatic rings. The molecule has 0 aliphatic carbocycles. The van der Waals surface area contributed by atoms with Crippen LogP contribution in [0, 0.1) is 0 Å². The number of hydrogen-bond donors (Lipinski definition) is 2. The number of primary amides is 1. The predicted octanol–water partition coefficient (Wildman–Crippen LogP) is 3.34. The molecule has 0 saturated carbocycles. The molecule has 0 fully saturated rings. The maximum Gasteiger partial charge on any atom is 0.251 e. The number of rotatable bonds is 6. The van der Waals surface area contributed by atoms with Gasteiger partial charge in [0.15, 0.2) is 0 Å². The van der Waals surface area contributed by atoms with Crippen molar-refractivity contribution < 1.29 is 9.59 Å². The van der Waals surface area contributed by atoms with Crippen LogP contribution in [0.3, 0.4) is 0 Å². The first-order valence-corrected chi connectivity index (χ1v) is 9.19. The average molecular weight is 424 g/mol. The molecule has 0 unspecified atom stereocenters. The Hall–Kier alpha value is -2.99. The number of carbonyl (C=O) groups is 2. The van der Waals surface area contributed by atoms with E-state index in [4.69, 9.17) is 5.73 Å². The van der Waals surface area contributed by atoms with Crippen LogP contribution in [0.15, 0.2) is 77.5 Å². The highest BCUT2D eigenvalue weighted by molar-refractivity contribution is 9.10. The minimum Gasteiger partial charge on any atom is -0.368 e. The number of carbonyl (C=O) groups excluding carboxylic acids is 2. The molecule has 2 amide bonds. The predicted molar refractivity (Wildman–Crippen MR) is 108 cm³/mol. The summed E-state index contributed by atoms with van der Waals surface area (Å²) in [5.74, 6) is -0.946. The molecule has 3 aromatic rings. The molecule has 0 aliphatic heterocycles. The third kappa shape index (κ3) is 4.80. The number of amides is 2. The van der Waals surface area contributed by atoms with Gasteiger partial charge in [-0.05, 0) is 50.8 Å². The highest BCUT2D eigenvalue weighted by atomic mass is 79.9. The van der Waals surface area contributed by atoms with Crippen molar-refractivity contribution in [2.45, 2.75) is 12.5 Å². The number of nitrogens with zero attached hydrogens (tertiary/aromatic N) is 1. The Morgan fingerprint density at radius 2 is 1.63 bits per heavy atom. The lowest BCUT2D eigenvalue weighted by Gasteiger charge is -2.16. The molecule has 1 heterocycles. The molecule has 27 heavy (non-hydrogen) atoms. The van der Waals surface area contributed by atoms with E-state index < -0.39 is 11.9 Å². The second kappa shape index (κ2) is 8.60. The Morgan fingerprint density at radius 3 is 2.26 bits per heavy atom. The lowest BCUT2D eigenvalue weighted by Crippen LogP contribution is -2.45. The molecule has 3 N–H and O–H groups in total. The van der Waals surface area contributed by atoms with E-state index in [0.29, 0.717) is 10.2 Å². The molecule has 0 saturated heterocycles. The summed E-state index contributed by atoms with van der Waals surface area (Å²) in [5.41, 5.74) is 8.81. The quantitative estimate of drug-likeness (QED) is 0.596. The summed E-state index contributed by atoms with van der Waals surface area (Å²) in [6.45, 7) is 0. The van der Waals surface area contributed by atoms with Crippen molar-refractivity contribution in [3.63, 3.8) is 0 Å². The molecule has 136 valence electrons. The van der Waals surface area contributed by atoms with E-state index in [1.807, 2.05) is 48.5 Å². The lowest BCUT2D eigenvalue weighted by atomic mass is 10.0. The first-order valence-electron chi connectivity index (χ1n) is 8.39. The Balaban J connectivity index is 1.72. The minimum atomic E-state index is -0.827. The number of hydrogen-bond acceptors (Lipinski definition) is 3. The number of pyridine rings is 1. The Labute approximate surface area is 165 Å². The lowest BCUT2D eigenvalue weighted by molar-refractivity contribution is -0.119. The first-order chi connectivity index (χ1) is 13.0. The molecule has 1 atom stereocenters. The molecular weight excluding hydrogens is 406 g/mol. The molecule has 0 spiro atoms. The summed E-state index contributed by atoms with van der Waals surface area (Å²) < 4.78 is 0.623. The van der Waals surface area contributed by atoms with Crippen molar-refractivity contribution in [3.8, 4) is 11.1 Å². The molecule has 0 bridgehead atoms. The summed E-state index contributed by atoms with van der Waals surface area (Å²) >= 11 is 3.34. The van der Waals surface area contributed by atoms with E-state index in [2.05, 4.69) is 26.2 Å². The molecule has 2 aromatic carbocycles. The zero-order chi connectivity index (χ0) is 19.2. The largest absolute Gasteiger partial charge is 0.368 e. The summed E-state index contributed by atoms with van der Waals surface area (Å²) in [7, 11) is 0. The van der Waals surface area contributed by atoms with Crippen molar-refractivity contribution in [2.24, 2.45) is 5.73 Å². The number of nitrogens with two attached hydrogens (primary N) is 1. The van der Waals surface area contributed by atoms with Gasteiger partial charge >= 0.3 is 0 Å². The van der Waals surface area contributed by atoms with E-state index in [9.17, 15) is 9.59 Å². The zero-order valence-electron chi connectivity index (χ0n) is 14.4. The Bertz CT molecular complexity index is 943. The third-order valence-electron chi connectivity index (χ3n) is 4.16. The van der Waals surface area contributed by atoms with Crippen molar-refractivity contribution in [2.75, 3.05) is 0 Å². The summed E-state index contributed by atoms with van der Waals surface area (Å²) in [6, 6.07) is 19.9. The van der Waals surface area contributed by atoms with Crippen LogP contribution in [0.2, 0.25) is 0 Å². The smallest absolute Gasteiger partial charge is 0.251 e. The van der Waals surface area contributed by atoms with E-state index in [0.717, 1.165) is 16.7 Å². The van der Waals surface area contributed by atoms with Gasteiger partial charge in [0, 0.05) is 18.2 Å². The highest BCUT2D eigenvalue weighted by Crippen LogP contribution is 2.19. The van der Waals surface area contributed by atoms with Crippen molar-refractivity contribution in [1.82, 2.24) is 10.3 Å². The van der Waals surface area contributed by atoms with E-state index >= 15 is 0 Å². The van der Waals surface area contributed by atoms with Crippen LogP contribution in [0.1, 0.15) is 15.9 Å². The van der Waals surface area contributed by atoms with E-state index in [-0.39, 0.29) is 12.3 Å². The maximum absolute atomic E-state index is 12.5. The molecule has 1 aromatic heterocycles. The van der Waals surface area contributed by atoms with E-state index in [1.165, 1.54) is 0 Å². The Kier molecular flexibility index (Phi) is 5.98. The van der Waals surface area contributed by atoms with Crippen LogP contribution in [-0.2, 0) is 11.2 Å². The average Bonchev–Trinajstić information content (AvgIpc) is 2.69.